The molecule has 1 heterocycles. The molecule has 1 aromatic heterocycles. The number of ether oxygens (including phenoxy) is 1. The number of hydrogen-bond donors (Lipinski definition) is 1. The lowest BCUT2D eigenvalue weighted by molar-refractivity contribution is 0.118. The summed E-state index contributed by atoms with van der Waals surface area (Å²) in [6.45, 7) is 3.07. The molecule has 0 spiro atoms. The average molecular weight is 192 g/mol. The van der Waals surface area contributed by atoms with Gasteiger partial charge in [-0.25, -0.2) is 9.97 Å². The Morgan fingerprint density at radius 3 is 3.07 bits per heavy atom. The summed E-state index contributed by atoms with van der Waals surface area (Å²) < 4.78 is 5.26. The van der Waals surface area contributed by atoms with E-state index in [9.17, 15) is 0 Å². The summed E-state index contributed by atoms with van der Waals surface area (Å²) in [7, 11) is 0. The van der Waals surface area contributed by atoms with Crippen molar-refractivity contribution in [2.45, 2.75) is 20.0 Å². The van der Waals surface area contributed by atoms with E-state index in [1.807, 2.05) is 13.0 Å². The Balaban J connectivity index is 2.66. The first kappa shape index (κ1) is 10.4. The van der Waals surface area contributed by atoms with Gasteiger partial charge in [0.05, 0.1) is 18.5 Å². The second-order valence-corrected chi connectivity index (χ2v) is 2.76. The first-order valence-corrected chi connectivity index (χ1v) is 4.37. The lowest BCUT2D eigenvalue weighted by atomic mass is 10.4. The van der Waals surface area contributed by atoms with Gasteiger partial charge in [0.25, 0.3) is 0 Å². The van der Waals surface area contributed by atoms with Crippen LogP contribution in [0.2, 0.25) is 0 Å². The third-order valence-electron chi connectivity index (χ3n) is 1.55. The second-order valence-electron chi connectivity index (χ2n) is 2.76. The average Bonchev–Trinajstić information content (AvgIpc) is 2.21. The van der Waals surface area contributed by atoms with Crippen LogP contribution in [0.25, 0.3) is 0 Å². The summed E-state index contributed by atoms with van der Waals surface area (Å²) in [5.74, 6) is 0.159. The maximum absolute atomic E-state index is 8.64. The fourth-order valence-electron chi connectivity index (χ4n) is 0.908. The molecule has 0 aromatic carbocycles. The Hall–Kier alpha value is -1.67. The molecule has 0 saturated heterocycles. The van der Waals surface area contributed by atoms with Gasteiger partial charge in [0, 0.05) is 6.61 Å². The van der Waals surface area contributed by atoms with Crippen LogP contribution < -0.4 is 5.73 Å². The van der Waals surface area contributed by atoms with Gasteiger partial charge in [0.1, 0.15) is 6.07 Å². The number of anilines is 1. The largest absolute Gasteiger partial charge is 0.381 e. The third-order valence-corrected chi connectivity index (χ3v) is 1.55. The van der Waals surface area contributed by atoms with Crippen LogP contribution in [0.15, 0.2) is 6.20 Å². The predicted molar refractivity (Wildman–Crippen MR) is 51.1 cm³/mol. The predicted octanol–water partition coefficient (Wildman–Crippen LogP) is 0.857. The van der Waals surface area contributed by atoms with Crippen molar-refractivity contribution in [3.05, 3.63) is 17.6 Å². The van der Waals surface area contributed by atoms with Crippen LogP contribution in [-0.4, -0.2) is 16.6 Å². The summed E-state index contributed by atoms with van der Waals surface area (Å²) in [5.41, 5.74) is 6.20. The minimum atomic E-state index is 0.155. The van der Waals surface area contributed by atoms with E-state index >= 15 is 0 Å². The number of nitriles is 1. The van der Waals surface area contributed by atoms with E-state index < -0.39 is 0 Å². The maximum atomic E-state index is 8.64. The Morgan fingerprint density at radius 1 is 1.64 bits per heavy atom. The minimum absolute atomic E-state index is 0.155. The molecule has 1 aromatic rings. The molecule has 2 N–H and O–H groups in total. The number of hydrogen-bond acceptors (Lipinski definition) is 5. The fourth-order valence-corrected chi connectivity index (χ4v) is 0.908. The van der Waals surface area contributed by atoms with Gasteiger partial charge in [-0.1, -0.05) is 6.92 Å². The highest BCUT2D eigenvalue weighted by Crippen LogP contribution is 2.05. The molecule has 0 saturated carbocycles. The van der Waals surface area contributed by atoms with Crippen LogP contribution in [0.3, 0.4) is 0 Å². The molecule has 0 bridgehead atoms. The third kappa shape index (κ3) is 2.68. The van der Waals surface area contributed by atoms with Gasteiger partial charge in [-0.05, 0) is 6.42 Å². The molecule has 0 aliphatic heterocycles. The van der Waals surface area contributed by atoms with Crippen LogP contribution in [-0.2, 0) is 11.3 Å². The number of rotatable bonds is 4. The summed E-state index contributed by atoms with van der Waals surface area (Å²) in [6, 6.07) is 1.87. The SMILES string of the molecule is CCCOCc1cnc(N)c(C#N)n1. The first-order chi connectivity index (χ1) is 6.77. The Bertz CT molecular complexity index is 345. The Kier molecular flexibility index (Phi) is 3.83. The number of nitrogens with zero attached hydrogens (tertiary/aromatic N) is 3. The monoisotopic (exact) mass is 192 g/mol. The fraction of sp³-hybridized carbons (Fsp3) is 0.444. The van der Waals surface area contributed by atoms with Crippen molar-refractivity contribution < 1.29 is 4.74 Å². The highest BCUT2D eigenvalue weighted by Gasteiger charge is 2.03. The Morgan fingerprint density at radius 2 is 2.43 bits per heavy atom. The van der Waals surface area contributed by atoms with Crippen molar-refractivity contribution in [3.63, 3.8) is 0 Å². The van der Waals surface area contributed by atoms with E-state index in [0.29, 0.717) is 18.9 Å². The minimum Gasteiger partial charge on any atom is -0.381 e. The molecular formula is C9H12N4O. The van der Waals surface area contributed by atoms with E-state index in [0.717, 1.165) is 6.42 Å². The number of aromatic nitrogens is 2. The zero-order valence-electron chi connectivity index (χ0n) is 8.03. The van der Waals surface area contributed by atoms with Crippen molar-refractivity contribution in [1.29, 1.82) is 5.26 Å². The van der Waals surface area contributed by atoms with E-state index in [-0.39, 0.29) is 11.5 Å². The molecule has 0 aliphatic carbocycles. The standard InChI is InChI=1S/C9H12N4O/c1-2-3-14-6-7-5-12-9(11)8(4-10)13-7/h5H,2-3,6H2,1H3,(H2,11,12). The van der Waals surface area contributed by atoms with Gasteiger partial charge >= 0.3 is 0 Å². The van der Waals surface area contributed by atoms with Crippen LogP contribution in [0.1, 0.15) is 24.7 Å². The van der Waals surface area contributed by atoms with Crippen LogP contribution in [0, 0.1) is 11.3 Å². The quantitative estimate of drug-likeness (QED) is 0.715. The molecule has 0 aliphatic rings. The van der Waals surface area contributed by atoms with Crippen molar-refractivity contribution >= 4 is 5.82 Å². The zero-order valence-corrected chi connectivity index (χ0v) is 8.03. The highest BCUT2D eigenvalue weighted by molar-refractivity contribution is 5.42. The van der Waals surface area contributed by atoms with E-state index in [2.05, 4.69) is 9.97 Å². The molecule has 0 fully saturated rings. The van der Waals surface area contributed by atoms with Crippen LogP contribution in [0.4, 0.5) is 5.82 Å². The smallest absolute Gasteiger partial charge is 0.183 e. The Labute approximate surface area is 82.5 Å². The molecule has 14 heavy (non-hydrogen) atoms. The normalized spacial score (nSPS) is 9.71. The van der Waals surface area contributed by atoms with Gasteiger partial charge in [-0.15, -0.1) is 0 Å². The topological polar surface area (TPSA) is 84.8 Å². The summed E-state index contributed by atoms with van der Waals surface area (Å²) >= 11 is 0. The van der Waals surface area contributed by atoms with Crippen molar-refractivity contribution in [1.82, 2.24) is 9.97 Å². The summed E-state index contributed by atoms with van der Waals surface area (Å²) in [6.07, 6.45) is 2.47. The first-order valence-electron chi connectivity index (χ1n) is 4.37. The molecule has 5 heteroatoms. The van der Waals surface area contributed by atoms with Gasteiger partial charge < -0.3 is 10.5 Å². The molecule has 1 rings (SSSR count). The lowest BCUT2D eigenvalue weighted by Gasteiger charge is -2.02. The van der Waals surface area contributed by atoms with Crippen molar-refractivity contribution in [2.75, 3.05) is 12.3 Å². The molecule has 5 nitrogen and oxygen atoms in total. The second kappa shape index (κ2) is 5.14. The van der Waals surface area contributed by atoms with Crippen molar-refractivity contribution in [3.8, 4) is 6.07 Å². The highest BCUT2D eigenvalue weighted by atomic mass is 16.5. The molecule has 0 radical (unpaired) electrons. The molecule has 74 valence electrons. The van der Waals surface area contributed by atoms with Crippen LogP contribution >= 0.6 is 0 Å². The molecule has 0 atom stereocenters. The van der Waals surface area contributed by atoms with Crippen LogP contribution in [0.5, 0.6) is 0 Å². The van der Waals surface area contributed by atoms with Gasteiger partial charge in [-0.3, -0.25) is 0 Å². The van der Waals surface area contributed by atoms with Crippen molar-refractivity contribution in [2.24, 2.45) is 0 Å². The number of nitrogens with two attached hydrogens (primary N) is 1. The van der Waals surface area contributed by atoms with E-state index in [4.69, 9.17) is 15.7 Å². The molecular weight excluding hydrogens is 180 g/mol. The van der Waals surface area contributed by atoms with Gasteiger partial charge in [0.2, 0.25) is 0 Å². The maximum Gasteiger partial charge on any atom is 0.183 e. The van der Waals surface area contributed by atoms with Gasteiger partial charge in [-0.2, -0.15) is 5.26 Å². The molecule has 0 unspecified atom stereocenters. The van der Waals surface area contributed by atoms with E-state index in [1.165, 1.54) is 6.20 Å². The van der Waals surface area contributed by atoms with Gasteiger partial charge in [0.15, 0.2) is 11.5 Å². The summed E-state index contributed by atoms with van der Waals surface area (Å²) in [5, 5.41) is 8.64. The zero-order chi connectivity index (χ0) is 10.4. The molecule has 0 amide bonds. The number of nitrogen functional groups attached to an aromatic ring is 1. The lowest BCUT2D eigenvalue weighted by Crippen LogP contribution is -2.03. The summed E-state index contributed by atoms with van der Waals surface area (Å²) in [4.78, 5) is 7.83. The van der Waals surface area contributed by atoms with E-state index in [1.54, 1.807) is 0 Å².